The Kier molecular flexibility index (Phi) is 4.42. The summed E-state index contributed by atoms with van der Waals surface area (Å²) in [7, 11) is 0. The van der Waals surface area contributed by atoms with Gasteiger partial charge in [0.15, 0.2) is 0 Å². The lowest BCUT2D eigenvalue weighted by molar-refractivity contribution is -0.116. The van der Waals surface area contributed by atoms with Crippen molar-refractivity contribution in [2.75, 3.05) is 5.32 Å². The minimum absolute atomic E-state index is 0.0930. The standard InChI is InChI=1S/C14H13Cl2N3OS/c15-10-3-1-2-8(12(10)16)6-7-11(20)17-14-19-18-13(21-14)9-4-5-9/h1-3,9H,4-7H2,(H,17,19,20). The number of benzene rings is 1. The minimum Gasteiger partial charge on any atom is -0.301 e. The number of anilines is 1. The van der Waals surface area contributed by atoms with E-state index in [9.17, 15) is 4.79 Å². The van der Waals surface area contributed by atoms with Gasteiger partial charge >= 0.3 is 0 Å². The second-order valence-electron chi connectivity index (χ2n) is 4.98. The van der Waals surface area contributed by atoms with Gasteiger partial charge in [0.05, 0.1) is 10.0 Å². The maximum absolute atomic E-state index is 11.9. The maximum atomic E-state index is 11.9. The van der Waals surface area contributed by atoms with Gasteiger partial charge in [0, 0.05) is 12.3 Å². The van der Waals surface area contributed by atoms with Gasteiger partial charge in [-0.3, -0.25) is 4.79 Å². The summed E-state index contributed by atoms with van der Waals surface area (Å²) < 4.78 is 0. The molecule has 110 valence electrons. The van der Waals surface area contributed by atoms with E-state index in [0.717, 1.165) is 10.6 Å². The van der Waals surface area contributed by atoms with Crippen molar-refractivity contribution in [3.05, 3.63) is 38.8 Å². The summed E-state index contributed by atoms with van der Waals surface area (Å²) in [5.41, 5.74) is 0.871. The number of hydrogen-bond acceptors (Lipinski definition) is 4. The van der Waals surface area contributed by atoms with E-state index in [1.807, 2.05) is 12.1 Å². The highest BCUT2D eigenvalue weighted by atomic mass is 35.5. The minimum atomic E-state index is -0.0930. The summed E-state index contributed by atoms with van der Waals surface area (Å²) in [4.78, 5) is 11.9. The van der Waals surface area contributed by atoms with E-state index >= 15 is 0 Å². The first-order chi connectivity index (χ1) is 10.1. The molecular weight excluding hydrogens is 329 g/mol. The van der Waals surface area contributed by atoms with Crippen molar-refractivity contribution in [3.8, 4) is 0 Å². The molecule has 1 heterocycles. The van der Waals surface area contributed by atoms with Crippen LogP contribution in [0.15, 0.2) is 18.2 Å². The number of hydrogen-bond donors (Lipinski definition) is 1. The van der Waals surface area contributed by atoms with E-state index in [-0.39, 0.29) is 5.91 Å². The zero-order valence-electron chi connectivity index (χ0n) is 11.1. The van der Waals surface area contributed by atoms with Gasteiger partial charge in [-0.05, 0) is 30.9 Å². The van der Waals surface area contributed by atoms with Crippen molar-refractivity contribution in [1.82, 2.24) is 10.2 Å². The molecule has 1 aromatic heterocycles. The third kappa shape index (κ3) is 3.73. The molecule has 1 aliphatic rings. The highest BCUT2D eigenvalue weighted by Crippen LogP contribution is 2.42. The molecule has 4 nitrogen and oxygen atoms in total. The predicted octanol–water partition coefficient (Wildman–Crippen LogP) is 4.29. The molecule has 0 bridgehead atoms. The number of rotatable bonds is 5. The third-order valence-electron chi connectivity index (χ3n) is 3.27. The van der Waals surface area contributed by atoms with Crippen molar-refractivity contribution in [2.24, 2.45) is 0 Å². The number of carbonyl (C=O) groups excluding carboxylic acids is 1. The van der Waals surface area contributed by atoms with Gasteiger partial charge in [-0.1, -0.05) is 46.7 Å². The van der Waals surface area contributed by atoms with Crippen LogP contribution in [0.2, 0.25) is 10.0 Å². The number of carbonyl (C=O) groups is 1. The second-order valence-corrected chi connectivity index (χ2v) is 6.78. The Balaban J connectivity index is 1.54. The van der Waals surface area contributed by atoms with Crippen molar-refractivity contribution in [2.45, 2.75) is 31.6 Å². The Labute approximate surface area is 136 Å². The van der Waals surface area contributed by atoms with Crippen molar-refractivity contribution >= 4 is 45.6 Å². The first-order valence-corrected chi connectivity index (χ1v) is 8.27. The van der Waals surface area contributed by atoms with Gasteiger partial charge in [-0.15, -0.1) is 10.2 Å². The Bertz CT molecular complexity index is 670. The highest BCUT2D eigenvalue weighted by molar-refractivity contribution is 7.15. The zero-order valence-corrected chi connectivity index (χ0v) is 13.4. The normalized spacial score (nSPS) is 14.2. The molecule has 1 amide bonds. The van der Waals surface area contributed by atoms with E-state index in [0.29, 0.717) is 33.9 Å². The molecule has 2 aromatic rings. The molecule has 0 saturated heterocycles. The number of halogens is 2. The quantitative estimate of drug-likeness (QED) is 0.882. The molecular formula is C14H13Cl2N3OS. The lowest BCUT2D eigenvalue weighted by Crippen LogP contribution is -2.12. The van der Waals surface area contributed by atoms with E-state index in [4.69, 9.17) is 23.2 Å². The fourth-order valence-corrected chi connectivity index (χ4v) is 3.30. The molecule has 21 heavy (non-hydrogen) atoms. The van der Waals surface area contributed by atoms with Crippen LogP contribution in [0.25, 0.3) is 0 Å². The molecule has 1 saturated carbocycles. The molecule has 0 radical (unpaired) electrons. The second kappa shape index (κ2) is 6.30. The Morgan fingerprint density at radius 3 is 2.90 bits per heavy atom. The van der Waals surface area contributed by atoms with Crippen LogP contribution >= 0.6 is 34.5 Å². The summed E-state index contributed by atoms with van der Waals surface area (Å²) >= 11 is 13.5. The van der Waals surface area contributed by atoms with Gasteiger partial charge in [0.1, 0.15) is 5.01 Å². The maximum Gasteiger partial charge on any atom is 0.226 e. The van der Waals surface area contributed by atoms with Crippen LogP contribution < -0.4 is 5.32 Å². The van der Waals surface area contributed by atoms with Crippen LogP contribution in [0.5, 0.6) is 0 Å². The van der Waals surface area contributed by atoms with Crippen LogP contribution in [-0.4, -0.2) is 16.1 Å². The topological polar surface area (TPSA) is 54.9 Å². The number of aryl methyl sites for hydroxylation is 1. The van der Waals surface area contributed by atoms with Crippen LogP contribution in [0.1, 0.15) is 35.8 Å². The lowest BCUT2D eigenvalue weighted by atomic mass is 10.1. The third-order valence-corrected chi connectivity index (χ3v) is 5.13. The van der Waals surface area contributed by atoms with Crippen molar-refractivity contribution in [3.63, 3.8) is 0 Å². The van der Waals surface area contributed by atoms with E-state index < -0.39 is 0 Å². The van der Waals surface area contributed by atoms with E-state index in [1.54, 1.807) is 6.07 Å². The molecule has 3 rings (SSSR count). The fraction of sp³-hybridized carbons (Fsp3) is 0.357. The Morgan fingerprint density at radius 2 is 2.14 bits per heavy atom. The Hall–Kier alpha value is -1.17. The van der Waals surface area contributed by atoms with Gasteiger partial charge < -0.3 is 5.32 Å². The number of nitrogens with zero attached hydrogens (tertiary/aromatic N) is 2. The molecule has 0 atom stereocenters. The fourth-order valence-electron chi connectivity index (χ4n) is 1.95. The molecule has 1 aromatic carbocycles. The van der Waals surface area contributed by atoms with E-state index in [1.165, 1.54) is 24.2 Å². The molecule has 1 fully saturated rings. The Morgan fingerprint density at radius 1 is 1.33 bits per heavy atom. The predicted molar refractivity (Wildman–Crippen MR) is 85.3 cm³/mol. The van der Waals surface area contributed by atoms with Gasteiger partial charge in [-0.25, -0.2) is 0 Å². The van der Waals surface area contributed by atoms with Crippen LogP contribution in [0, 0.1) is 0 Å². The summed E-state index contributed by atoms with van der Waals surface area (Å²) in [5.74, 6) is 0.461. The summed E-state index contributed by atoms with van der Waals surface area (Å²) in [6.07, 6.45) is 3.23. The summed E-state index contributed by atoms with van der Waals surface area (Å²) in [5, 5.41) is 13.5. The van der Waals surface area contributed by atoms with Crippen LogP contribution in [-0.2, 0) is 11.2 Å². The number of aromatic nitrogens is 2. The van der Waals surface area contributed by atoms with E-state index in [2.05, 4.69) is 15.5 Å². The SMILES string of the molecule is O=C(CCc1cccc(Cl)c1Cl)Nc1nnc(C2CC2)s1. The largest absolute Gasteiger partial charge is 0.301 e. The average molecular weight is 342 g/mol. The highest BCUT2D eigenvalue weighted by Gasteiger charge is 2.27. The van der Waals surface area contributed by atoms with Gasteiger partial charge in [-0.2, -0.15) is 0 Å². The summed E-state index contributed by atoms with van der Waals surface area (Å²) in [6, 6.07) is 5.43. The monoisotopic (exact) mass is 341 g/mol. The number of amides is 1. The van der Waals surface area contributed by atoms with Gasteiger partial charge in [0.25, 0.3) is 0 Å². The van der Waals surface area contributed by atoms with Crippen molar-refractivity contribution < 1.29 is 4.79 Å². The molecule has 1 N–H and O–H groups in total. The van der Waals surface area contributed by atoms with Crippen molar-refractivity contribution in [1.29, 1.82) is 0 Å². The van der Waals surface area contributed by atoms with Gasteiger partial charge in [0.2, 0.25) is 11.0 Å². The summed E-state index contributed by atoms with van der Waals surface area (Å²) in [6.45, 7) is 0. The van der Waals surface area contributed by atoms with Crippen LogP contribution in [0.3, 0.4) is 0 Å². The molecule has 7 heteroatoms. The molecule has 0 unspecified atom stereocenters. The molecule has 0 spiro atoms. The van der Waals surface area contributed by atoms with Crippen LogP contribution in [0.4, 0.5) is 5.13 Å². The zero-order chi connectivity index (χ0) is 14.8. The smallest absolute Gasteiger partial charge is 0.226 e. The lowest BCUT2D eigenvalue weighted by Gasteiger charge is -2.05. The average Bonchev–Trinajstić information content (AvgIpc) is 3.21. The molecule has 0 aliphatic heterocycles. The first-order valence-electron chi connectivity index (χ1n) is 6.69. The first kappa shape index (κ1) is 14.8. The molecule has 1 aliphatic carbocycles. The number of nitrogens with one attached hydrogen (secondary N) is 1.